The minimum atomic E-state index is -0.434. The molecule has 0 aliphatic rings. The van der Waals surface area contributed by atoms with Crippen LogP contribution in [0.1, 0.15) is 24.3 Å². The van der Waals surface area contributed by atoms with Gasteiger partial charge in [-0.25, -0.2) is 4.39 Å². The number of amides is 1. The molecule has 0 bridgehead atoms. The Morgan fingerprint density at radius 2 is 2.00 bits per heavy atom. The summed E-state index contributed by atoms with van der Waals surface area (Å²) in [7, 11) is 1.53. The van der Waals surface area contributed by atoms with Crippen molar-refractivity contribution in [1.29, 1.82) is 0 Å². The molecular formula is C14H15FN2O2. The Bertz CT molecular complexity index is 704. The van der Waals surface area contributed by atoms with Gasteiger partial charge in [0, 0.05) is 18.5 Å². The highest BCUT2D eigenvalue weighted by Gasteiger charge is 2.14. The molecule has 1 aromatic carbocycles. The summed E-state index contributed by atoms with van der Waals surface area (Å²) in [5.74, 6) is -0.781. The summed E-state index contributed by atoms with van der Waals surface area (Å²) in [5.41, 5.74) is -0.0943. The van der Waals surface area contributed by atoms with Crippen LogP contribution >= 0.6 is 0 Å². The van der Waals surface area contributed by atoms with Crippen molar-refractivity contribution in [2.24, 2.45) is 7.05 Å². The first kappa shape index (κ1) is 13.3. The molecule has 19 heavy (non-hydrogen) atoms. The lowest BCUT2D eigenvalue weighted by Crippen LogP contribution is -2.34. The molecule has 0 spiro atoms. The summed E-state index contributed by atoms with van der Waals surface area (Å²) in [4.78, 5) is 24.1. The van der Waals surface area contributed by atoms with Gasteiger partial charge in [-0.15, -0.1) is 0 Å². The van der Waals surface area contributed by atoms with Gasteiger partial charge in [-0.2, -0.15) is 0 Å². The van der Waals surface area contributed by atoms with E-state index < -0.39 is 5.82 Å². The van der Waals surface area contributed by atoms with Crippen LogP contribution in [0.15, 0.2) is 29.1 Å². The second-order valence-electron chi connectivity index (χ2n) is 4.75. The lowest BCUT2D eigenvalue weighted by molar-refractivity contribution is 0.0934. The van der Waals surface area contributed by atoms with Crippen LogP contribution in [0.5, 0.6) is 0 Å². The fourth-order valence-corrected chi connectivity index (χ4v) is 1.94. The summed E-state index contributed by atoms with van der Waals surface area (Å²) in [6, 6.07) is 5.40. The Hall–Kier alpha value is -2.17. The zero-order chi connectivity index (χ0) is 14.2. The van der Waals surface area contributed by atoms with Crippen LogP contribution in [0.2, 0.25) is 0 Å². The Labute approximate surface area is 109 Å². The molecule has 2 rings (SSSR count). The van der Waals surface area contributed by atoms with Gasteiger partial charge >= 0.3 is 0 Å². The number of hydrogen-bond donors (Lipinski definition) is 1. The highest BCUT2D eigenvalue weighted by Crippen LogP contribution is 2.13. The van der Waals surface area contributed by atoms with Crippen LogP contribution in [0.25, 0.3) is 10.8 Å². The smallest absolute Gasteiger partial charge is 0.268 e. The van der Waals surface area contributed by atoms with Crippen LogP contribution in [0.3, 0.4) is 0 Å². The number of pyridine rings is 1. The molecule has 0 saturated heterocycles. The van der Waals surface area contributed by atoms with Gasteiger partial charge in [0.2, 0.25) is 0 Å². The molecule has 0 saturated carbocycles. The van der Waals surface area contributed by atoms with Crippen LogP contribution in [0.4, 0.5) is 4.39 Å². The number of nitrogens with zero attached hydrogens (tertiary/aromatic N) is 1. The van der Waals surface area contributed by atoms with Gasteiger partial charge in [0.15, 0.2) is 0 Å². The van der Waals surface area contributed by atoms with Gasteiger partial charge in [-0.3, -0.25) is 9.59 Å². The second kappa shape index (κ2) is 4.84. The first-order valence-corrected chi connectivity index (χ1v) is 6.00. The van der Waals surface area contributed by atoms with Crippen molar-refractivity contribution in [3.05, 3.63) is 46.1 Å². The number of carbonyl (C=O) groups is 1. The predicted octanol–water partition coefficient (Wildman–Crippen LogP) is 1.82. The molecule has 100 valence electrons. The third-order valence-electron chi connectivity index (χ3n) is 2.85. The van der Waals surface area contributed by atoms with Gasteiger partial charge in [-0.1, -0.05) is 0 Å². The second-order valence-corrected chi connectivity index (χ2v) is 4.75. The molecule has 0 aliphatic carbocycles. The van der Waals surface area contributed by atoms with E-state index in [-0.39, 0.29) is 23.2 Å². The average Bonchev–Trinajstić information content (AvgIpc) is 2.32. The van der Waals surface area contributed by atoms with Crippen LogP contribution in [0, 0.1) is 5.82 Å². The van der Waals surface area contributed by atoms with E-state index in [0.29, 0.717) is 10.8 Å². The zero-order valence-corrected chi connectivity index (χ0v) is 11.0. The number of halogens is 1. The maximum Gasteiger partial charge on any atom is 0.268 e. The fraction of sp³-hybridized carbons (Fsp3) is 0.286. The minimum absolute atomic E-state index is 0.0363. The molecule has 1 aromatic heterocycles. The van der Waals surface area contributed by atoms with Crippen molar-refractivity contribution in [2.75, 3.05) is 0 Å². The van der Waals surface area contributed by atoms with Crippen LogP contribution < -0.4 is 10.9 Å². The maximum absolute atomic E-state index is 13.2. The van der Waals surface area contributed by atoms with Crippen molar-refractivity contribution in [2.45, 2.75) is 19.9 Å². The van der Waals surface area contributed by atoms with Crippen molar-refractivity contribution in [1.82, 2.24) is 9.88 Å². The monoisotopic (exact) mass is 262 g/mol. The molecule has 4 nitrogen and oxygen atoms in total. The van der Waals surface area contributed by atoms with Gasteiger partial charge in [-0.05, 0) is 43.5 Å². The van der Waals surface area contributed by atoms with Gasteiger partial charge in [0.05, 0.1) is 0 Å². The zero-order valence-electron chi connectivity index (χ0n) is 11.0. The number of carbonyl (C=O) groups excluding carboxylic acids is 1. The summed E-state index contributed by atoms with van der Waals surface area (Å²) >= 11 is 0. The van der Waals surface area contributed by atoms with E-state index >= 15 is 0 Å². The number of rotatable bonds is 2. The SMILES string of the molecule is CC(C)NC(=O)c1cc2cc(F)ccc2c(=O)n1C. The molecular weight excluding hydrogens is 247 g/mol. The number of aromatic nitrogens is 1. The largest absolute Gasteiger partial charge is 0.349 e. The van der Waals surface area contributed by atoms with E-state index in [1.807, 2.05) is 13.8 Å². The lowest BCUT2D eigenvalue weighted by Gasteiger charge is -2.12. The lowest BCUT2D eigenvalue weighted by atomic mass is 10.1. The van der Waals surface area contributed by atoms with Crippen molar-refractivity contribution < 1.29 is 9.18 Å². The Kier molecular flexibility index (Phi) is 3.38. The molecule has 2 aromatic rings. The highest BCUT2D eigenvalue weighted by molar-refractivity contribution is 5.96. The third-order valence-corrected chi connectivity index (χ3v) is 2.85. The first-order valence-electron chi connectivity index (χ1n) is 6.00. The predicted molar refractivity (Wildman–Crippen MR) is 71.7 cm³/mol. The van der Waals surface area contributed by atoms with Gasteiger partial charge in [0.1, 0.15) is 11.5 Å². The normalized spacial score (nSPS) is 11.0. The van der Waals surface area contributed by atoms with E-state index in [2.05, 4.69) is 5.32 Å². The molecule has 1 heterocycles. The fourth-order valence-electron chi connectivity index (χ4n) is 1.94. The minimum Gasteiger partial charge on any atom is -0.349 e. The molecule has 0 atom stereocenters. The third kappa shape index (κ3) is 2.50. The van der Waals surface area contributed by atoms with Crippen LogP contribution in [-0.4, -0.2) is 16.5 Å². The topological polar surface area (TPSA) is 51.1 Å². The Morgan fingerprint density at radius 1 is 1.32 bits per heavy atom. The van der Waals surface area contributed by atoms with Crippen LogP contribution in [-0.2, 0) is 7.05 Å². The molecule has 1 N–H and O–H groups in total. The Morgan fingerprint density at radius 3 is 2.63 bits per heavy atom. The van der Waals surface area contributed by atoms with Gasteiger partial charge in [0.25, 0.3) is 11.5 Å². The maximum atomic E-state index is 13.2. The van der Waals surface area contributed by atoms with Crippen molar-refractivity contribution >= 4 is 16.7 Å². The molecule has 0 fully saturated rings. The average molecular weight is 262 g/mol. The van der Waals surface area contributed by atoms with Crippen molar-refractivity contribution in [3.8, 4) is 0 Å². The van der Waals surface area contributed by atoms with E-state index in [0.717, 1.165) is 0 Å². The molecule has 0 radical (unpaired) electrons. The van der Waals surface area contributed by atoms with Crippen molar-refractivity contribution in [3.63, 3.8) is 0 Å². The van der Waals surface area contributed by atoms with Gasteiger partial charge < -0.3 is 9.88 Å². The number of nitrogens with one attached hydrogen (secondary N) is 1. The first-order chi connectivity index (χ1) is 8.90. The molecule has 0 aliphatic heterocycles. The molecule has 5 heteroatoms. The number of fused-ring (bicyclic) bond motifs is 1. The summed E-state index contributed by atoms with van der Waals surface area (Å²) in [6.07, 6.45) is 0. The highest BCUT2D eigenvalue weighted by atomic mass is 19.1. The standard InChI is InChI=1S/C14H15FN2O2/c1-8(2)16-13(18)12-7-9-6-10(15)4-5-11(9)14(19)17(12)3/h4-8H,1-3H3,(H,16,18). The molecule has 1 amide bonds. The quantitative estimate of drug-likeness (QED) is 0.897. The number of hydrogen-bond acceptors (Lipinski definition) is 2. The van der Waals surface area contributed by atoms with E-state index in [4.69, 9.17) is 0 Å². The molecule has 0 unspecified atom stereocenters. The van der Waals surface area contributed by atoms with E-state index in [1.54, 1.807) is 0 Å². The summed E-state index contributed by atoms with van der Waals surface area (Å²) < 4.78 is 14.5. The van der Waals surface area contributed by atoms with E-state index in [1.165, 1.54) is 35.9 Å². The van der Waals surface area contributed by atoms with E-state index in [9.17, 15) is 14.0 Å². The summed E-state index contributed by atoms with van der Waals surface area (Å²) in [5, 5.41) is 3.54. The number of benzene rings is 1. The summed E-state index contributed by atoms with van der Waals surface area (Å²) in [6.45, 7) is 3.66. The Balaban J connectivity index is 2.66.